The number of hydrogen-bond acceptors (Lipinski definition) is 7. The van der Waals surface area contributed by atoms with Crippen molar-refractivity contribution in [2.45, 2.75) is 30.5 Å². The van der Waals surface area contributed by atoms with Crippen molar-refractivity contribution in [2.75, 3.05) is 49.1 Å². The predicted molar refractivity (Wildman–Crippen MR) is 133 cm³/mol. The molecule has 1 aliphatic heterocycles. The van der Waals surface area contributed by atoms with Crippen LogP contribution in [0.2, 0.25) is 0 Å². The highest BCUT2D eigenvalue weighted by molar-refractivity contribution is 7.98. The molecule has 0 unspecified atom stereocenters. The van der Waals surface area contributed by atoms with Crippen molar-refractivity contribution in [3.05, 3.63) is 52.4 Å². The number of sulfonamides is 1. The van der Waals surface area contributed by atoms with Gasteiger partial charge in [0.15, 0.2) is 0 Å². The third-order valence-electron chi connectivity index (χ3n) is 5.45. The fourth-order valence-corrected chi connectivity index (χ4v) is 5.31. The summed E-state index contributed by atoms with van der Waals surface area (Å²) in [5.41, 5.74) is 3.20. The molecule has 1 fully saturated rings. The van der Waals surface area contributed by atoms with Crippen molar-refractivity contribution in [2.24, 2.45) is 0 Å². The molecule has 0 radical (unpaired) electrons. The van der Waals surface area contributed by atoms with Gasteiger partial charge in [-0.05, 0) is 49.7 Å². The molecular formula is C23H28N6O2S2. The topological polar surface area (TPSA) is 93.7 Å². The highest BCUT2D eigenvalue weighted by Crippen LogP contribution is 2.39. The van der Waals surface area contributed by atoms with Crippen molar-refractivity contribution in [1.82, 2.24) is 9.88 Å². The van der Waals surface area contributed by atoms with Crippen molar-refractivity contribution >= 4 is 39.0 Å². The molecule has 0 aliphatic carbocycles. The Labute approximate surface area is 200 Å². The normalized spacial score (nSPS) is 14.9. The monoisotopic (exact) mass is 484 g/mol. The average Bonchev–Trinajstić information content (AvgIpc) is 3.00. The summed E-state index contributed by atoms with van der Waals surface area (Å²) in [6.45, 7) is 13.3. The highest BCUT2D eigenvalue weighted by Gasteiger charge is 2.24. The van der Waals surface area contributed by atoms with Gasteiger partial charge in [0.1, 0.15) is 16.9 Å². The van der Waals surface area contributed by atoms with E-state index in [0.717, 1.165) is 50.0 Å². The molecule has 3 rings (SSSR count). The molecule has 1 aromatic heterocycles. The van der Waals surface area contributed by atoms with Crippen LogP contribution in [0.4, 0.5) is 17.2 Å². The Balaban J connectivity index is 1.91. The third kappa shape index (κ3) is 6.38. The highest BCUT2D eigenvalue weighted by atomic mass is 32.2. The molecule has 1 aromatic carbocycles. The number of hydrogen-bond donors (Lipinski definition) is 1. The maximum absolute atomic E-state index is 11.4. The molecule has 0 spiro atoms. The largest absolute Gasteiger partial charge is 0.364 e. The average molecular weight is 485 g/mol. The van der Waals surface area contributed by atoms with Gasteiger partial charge >= 0.3 is 0 Å². The van der Waals surface area contributed by atoms with Gasteiger partial charge in [-0.15, -0.1) is 11.8 Å². The minimum absolute atomic E-state index is 0.472. The molecule has 10 heteroatoms. The van der Waals surface area contributed by atoms with Crippen LogP contribution in [0.3, 0.4) is 0 Å². The number of nitriles is 1. The number of pyridine rings is 1. The molecule has 0 amide bonds. The fraction of sp³-hybridized carbons (Fsp3) is 0.435. The zero-order chi connectivity index (χ0) is 24.0. The van der Waals surface area contributed by atoms with Gasteiger partial charge in [0.05, 0.1) is 18.4 Å². The summed E-state index contributed by atoms with van der Waals surface area (Å²) < 4.78 is 25.3. The van der Waals surface area contributed by atoms with Crippen molar-refractivity contribution in [1.29, 1.82) is 5.26 Å². The van der Waals surface area contributed by atoms with Gasteiger partial charge in [0, 0.05) is 31.1 Å². The minimum atomic E-state index is -3.32. The van der Waals surface area contributed by atoms with Crippen molar-refractivity contribution in [3.8, 4) is 6.07 Å². The van der Waals surface area contributed by atoms with E-state index in [1.165, 1.54) is 11.8 Å². The van der Waals surface area contributed by atoms with E-state index in [1.54, 1.807) is 12.1 Å². The molecule has 0 atom stereocenters. The van der Waals surface area contributed by atoms with Gasteiger partial charge in [-0.2, -0.15) is 5.26 Å². The summed E-state index contributed by atoms with van der Waals surface area (Å²) in [7, 11) is -1.23. The molecule has 174 valence electrons. The quantitative estimate of drug-likeness (QED) is 0.471. The van der Waals surface area contributed by atoms with Gasteiger partial charge in [-0.25, -0.2) is 18.2 Å². The number of aromatic nitrogens is 1. The maximum atomic E-state index is 11.4. The molecule has 0 bridgehead atoms. The Hall–Kier alpha value is -2.79. The van der Waals surface area contributed by atoms with E-state index in [-0.39, 0.29) is 0 Å². The predicted octanol–water partition coefficient (Wildman–Crippen LogP) is 3.87. The number of nitrogens with one attached hydrogen (secondary N) is 1. The number of anilines is 2. The van der Waals surface area contributed by atoms with Gasteiger partial charge < -0.3 is 9.80 Å². The number of likely N-dealkylation sites (N-methyl/N-ethyl adjacent to an activating group) is 1. The van der Waals surface area contributed by atoms with Gasteiger partial charge in [0.2, 0.25) is 15.7 Å². The summed E-state index contributed by atoms with van der Waals surface area (Å²) in [4.78, 5) is 13.1. The van der Waals surface area contributed by atoms with Crippen molar-refractivity contribution in [3.63, 3.8) is 0 Å². The zero-order valence-electron chi connectivity index (χ0n) is 19.1. The zero-order valence-corrected chi connectivity index (χ0v) is 20.8. The lowest BCUT2D eigenvalue weighted by Gasteiger charge is -2.25. The van der Waals surface area contributed by atoms with Crippen LogP contribution in [-0.4, -0.2) is 57.8 Å². The minimum Gasteiger partial charge on any atom is -0.364 e. The first kappa shape index (κ1) is 24.8. The lowest BCUT2D eigenvalue weighted by atomic mass is 10.1. The van der Waals surface area contributed by atoms with E-state index < -0.39 is 10.0 Å². The molecular weight excluding hydrogens is 456 g/mol. The molecule has 2 heterocycles. The van der Waals surface area contributed by atoms with Crippen LogP contribution in [0.1, 0.15) is 30.0 Å². The SMILES string of the molecule is [C-]#[N+]c1c(N2CCCN(C)CC2)nc(SCc2ccc(NS(C)(=O)=O)cc2)c(C#N)c1CC. The second-order valence-electron chi connectivity index (χ2n) is 8.02. The Bertz CT molecular complexity index is 1180. The number of benzene rings is 1. The van der Waals surface area contributed by atoms with Crippen LogP contribution < -0.4 is 9.62 Å². The number of nitrogens with zero attached hydrogens (tertiary/aromatic N) is 5. The van der Waals surface area contributed by atoms with Crippen LogP contribution in [0.15, 0.2) is 29.3 Å². The fourth-order valence-electron chi connectivity index (χ4n) is 3.78. The first-order valence-corrected chi connectivity index (χ1v) is 13.6. The van der Waals surface area contributed by atoms with Gasteiger partial charge in [-0.3, -0.25) is 4.72 Å². The van der Waals surface area contributed by atoms with E-state index in [4.69, 9.17) is 11.6 Å². The van der Waals surface area contributed by atoms with Crippen LogP contribution >= 0.6 is 11.8 Å². The Morgan fingerprint density at radius 1 is 1.24 bits per heavy atom. The standard InChI is InChI=1S/C23H28N6O2S2/c1-5-19-20(15-24)23(32-16-17-7-9-18(10-8-17)27-33(4,30)31)26-22(21(19)25-2)29-12-6-11-28(3)13-14-29/h7-10,27H,5-6,11-14,16H2,1,3-4H3. The molecule has 2 aromatic rings. The first-order valence-electron chi connectivity index (χ1n) is 10.7. The second-order valence-corrected chi connectivity index (χ2v) is 10.7. The lowest BCUT2D eigenvalue weighted by Crippen LogP contribution is -2.29. The number of rotatable bonds is 7. The Morgan fingerprint density at radius 2 is 1.97 bits per heavy atom. The van der Waals surface area contributed by atoms with E-state index in [1.807, 2.05) is 19.1 Å². The molecule has 1 aliphatic rings. The Kier molecular flexibility index (Phi) is 8.20. The molecule has 33 heavy (non-hydrogen) atoms. The third-order valence-corrected chi connectivity index (χ3v) is 7.10. The second kappa shape index (κ2) is 10.9. The van der Waals surface area contributed by atoms with E-state index >= 15 is 0 Å². The van der Waals surface area contributed by atoms with Crippen LogP contribution in [0.25, 0.3) is 4.85 Å². The van der Waals surface area contributed by atoms with Gasteiger partial charge in [-0.1, -0.05) is 19.1 Å². The Morgan fingerprint density at radius 3 is 2.58 bits per heavy atom. The maximum Gasteiger partial charge on any atom is 0.232 e. The summed E-state index contributed by atoms with van der Waals surface area (Å²) >= 11 is 1.46. The molecule has 8 nitrogen and oxygen atoms in total. The summed E-state index contributed by atoms with van der Waals surface area (Å²) in [5, 5.41) is 10.5. The lowest BCUT2D eigenvalue weighted by molar-refractivity contribution is 0.360. The van der Waals surface area contributed by atoms with E-state index in [9.17, 15) is 13.7 Å². The van der Waals surface area contributed by atoms with Crippen LogP contribution in [0.5, 0.6) is 0 Å². The molecule has 1 saturated heterocycles. The molecule has 0 saturated carbocycles. The van der Waals surface area contributed by atoms with E-state index in [2.05, 4.69) is 32.5 Å². The summed E-state index contributed by atoms with van der Waals surface area (Å²) in [5.74, 6) is 1.25. The smallest absolute Gasteiger partial charge is 0.232 e. The molecule has 1 N–H and O–H groups in total. The van der Waals surface area contributed by atoms with Crippen molar-refractivity contribution < 1.29 is 8.42 Å². The van der Waals surface area contributed by atoms with E-state index in [0.29, 0.717) is 40.0 Å². The summed E-state index contributed by atoms with van der Waals surface area (Å²) in [6.07, 6.45) is 2.70. The summed E-state index contributed by atoms with van der Waals surface area (Å²) in [6, 6.07) is 9.42. The first-order chi connectivity index (χ1) is 15.8. The van der Waals surface area contributed by atoms with Gasteiger partial charge in [0.25, 0.3) is 0 Å². The van der Waals surface area contributed by atoms with Crippen LogP contribution in [-0.2, 0) is 22.2 Å². The van der Waals surface area contributed by atoms with Crippen LogP contribution in [0, 0.1) is 17.9 Å². The number of thioether (sulfide) groups is 1.